The zero-order valence-electron chi connectivity index (χ0n) is 14.1. The highest BCUT2D eigenvalue weighted by molar-refractivity contribution is 6.03. The SMILES string of the molecule is C=CCOC(=O)C1=C(C)NC2=C(C(=O)CCC2)[C@H]1c1cccc(F)c1. The summed E-state index contributed by atoms with van der Waals surface area (Å²) in [5.41, 5.74) is 2.93. The number of halogens is 1. The molecular weight excluding hydrogens is 321 g/mol. The number of nitrogens with one attached hydrogen (secondary N) is 1. The summed E-state index contributed by atoms with van der Waals surface area (Å²) < 4.78 is 19.0. The standard InChI is InChI=1S/C20H20FNO3/c1-3-10-25-20(24)17-12(2)22-15-8-5-9-16(23)19(15)18(17)13-6-4-7-14(21)11-13/h3-4,6-7,11,18,22H,1,5,8-10H2,2H3/t18-/m0/s1. The lowest BCUT2D eigenvalue weighted by Crippen LogP contribution is -2.34. The van der Waals surface area contributed by atoms with Gasteiger partial charge in [-0.15, -0.1) is 0 Å². The molecule has 0 amide bonds. The van der Waals surface area contributed by atoms with E-state index in [1.54, 1.807) is 19.1 Å². The maximum atomic E-state index is 13.8. The van der Waals surface area contributed by atoms with Crippen LogP contribution in [-0.2, 0) is 14.3 Å². The summed E-state index contributed by atoms with van der Waals surface area (Å²) in [6.45, 7) is 5.39. The minimum atomic E-state index is -0.614. The van der Waals surface area contributed by atoms with Crippen molar-refractivity contribution in [2.75, 3.05) is 6.61 Å². The average molecular weight is 341 g/mol. The fraction of sp³-hybridized carbons (Fsp3) is 0.300. The van der Waals surface area contributed by atoms with E-state index < -0.39 is 17.7 Å². The predicted molar refractivity (Wildman–Crippen MR) is 92.0 cm³/mol. The van der Waals surface area contributed by atoms with Crippen LogP contribution in [0.25, 0.3) is 0 Å². The molecule has 0 radical (unpaired) electrons. The second kappa shape index (κ2) is 7.05. The highest BCUT2D eigenvalue weighted by Crippen LogP contribution is 2.42. The number of benzene rings is 1. The number of dihydropyridines is 1. The Bertz CT molecular complexity index is 807. The van der Waals surface area contributed by atoms with Gasteiger partial charge in [0.2, 0.25) is 0 Å². The number of Topliss-reactive ketones (excluding diaryl/α,β-unsaturated/α-hetero) is 1. The second-order valence-corrected chi connectivity index (χ2v) is 6.21. The van der Waals surface area contributed by atoms with E-state index in [0.29, 0.717) is 28.8 Å². The summed E-state index contributed by atoms with van der Waals surface area (Å²) >= 11 is 0. The first-order valence-corrected chi connectivity index (χ1v) is 8.30. The van der Waals surface area contributed by atoms with E-state index in [-0.39, 0.29) is 12.4 Å². The number of carbonyl (C=O) groups excluding carboxylic acids is 2. The lowest BCUT2D eigenvalue weighted by Gasteiger charge is -2.34. The van der Waals surface area contributed by atoms with E-state index in [4.69, 9.17) is 4.74 Å². The van der Waals surface area contributed by atoms with Crippen molar-refractivity contribution >= 4 is 11.8 Å². The Morgan fingerprint density at radius 2 is 2.24 bits per heavy atom. The molecule has 5 heteroatoms. The van der Waals surface area contributed by atoms with Gasteiger partial charge >= 0.3 is 5.97 Å². The zero-order valence-corrected chi connectivity index (χ0v) is 14.1. The number of ketones is 1. The van der Waals surface area contributed by atoms with E-state index in [9.17, 15) is 14.0 Å². The van der Waals surface area contributed by atoms with Gasteiger partial charge in [-0.1, -0.05) is 24.8 Å². The van der Waals surface area contributed by atoms with Gasteiger partial charge in [-0.25, -0.2) is 9.18 Å². The molecule has 0 bridgehead atoms. The van der Waals surface area contributed by atoms with E-state index >= 15 is 0 Å². The van der Waals surface area contributed by atoms with Crippen LogP contribution < -0.4 is 5.32 Å². The van der Waals surface area contributed by atoms with Crippen molar-refractivity contribution in [3.05, 3.63) is 70.8 Å². The molecule has 0 saturated carbocycles. The van der Waals surface area contributed by atoms with Crippen LogP contribution in [0.2, 0.25) is 0 Å². The third-order valence-corrected chi connectivity index (χ3v) is 4.51. The quantitative estimate of drug-likeness (QED) is 0.672. The Balaban J connectivity index is 2.13. The number of esters is 1. The van der Waals surface area contributed by atoms with E-state index in [0.717, 1.165) is 18.5 Å². The van der Waals surface area contributed by atoms with Gasteiger partial charge in [-0.3, -0.25) is 4.79 Å². The molecular formula is C20H20FNO3. The molecule has 0 spiro atoms. The molecule has 1 heterocycles. The normalized spacial score (nSPS) is 20.1. The van der Waals surface area contributed by atoms with Crippen molar-refractivity contribution in [3.63, 3.8) is 0 Å². The second-order valence-electron chi connectivity index (χ2n) is 6.21. The van der Waals surface area contributed by atoms with Crippen LogP contribution in [0.1, 0.15) is 37.7 Å². The van der Waals surface area contributed by atoms with E-state index in [1.807, 2.05) is 0 Å². The molecule has 25 heavy (non-hydrogen) atoms. The first kappa shape index (κ1) is 17.1. The first-order chi connectivity index (χ1) is 12.0. The lowest BCUT2D eigenvalue weighted by molar-refractivity contribution is -0.138. The largest absolute Gasteiger partial charge is 0.458 e. The molecule has 0 unspecified atom stereocenters. The summed E-state index contributed by atoms with van der Waals surface area (Å²) in [6.07, 6.45) is 3.42. The van der Waals surface area contributed by atoms with Crippen molar-refractivity contribution in [1.82, 2.24) is 5.32 Å². The highest BCUT2D eigenvalue weighted by Gasteiger charge is 2.39. The number of carbonyl (C=O) groups is 2. The molecule has 1 aromatic carbocycles. The molecule has 1 aliphatic heterocycles. The number of hydrogen-bond acceptors (Lipinski definition) is 4. The molecule has 130 valence electrons. The third kappa shape index (κ3) is 3.27. The Hall–Kier alpha value is -2.69. The fourth-order valence-electron chi connectivity index (χ4n) is 3.49. The minimum Gasteiger partial charge on any atom is -0.458 e. The molecule has 2 aliphatic rings. The molecule has 0 aromatic heterocycles. The van der Waals surface area contributed by atoms with Crippen LogP contribution in [0.3, 0.4) is 0 Å². The van der Waals surface area contributed by atoms with Gasteiger partial charge in [0.1, 0.15) is 12.4 Å². The van der Waals surface area contributed by atoms with Crippen LogP contribution in [0.15, 0.2) is 59.5 Å². The van der Waals surface area contributed by atoms with Gasteiger partial charge in [0.05, 0.1) is 5.57 Å². The van der Waals surface area contributed by atoms with Crippen molar-refractivity contribution < 1.29 is 18.7 Å². The van der Waals surface area contributed by atoms with Gasteiger partial charge in [-0.05, 0) is 37.5 Å². The van der Waals surface area contributed by atoms with Gasteiger partial charge < -0.3 is 10.1 Å². The predicted octanol–water partition coefficient (Wildman–Crippen LogP) is 3.52. The average Bonchev–Trinajstić information content (AvgIpc) is 2.58. The third-order valence-electron chi connectivity index (χ3n) is 4.51. The Kier molecular flexibility index (Phi) is 4.83. The molecule has 1 N–H and O–H groups in total. The maximum Gasteiger partial charge on any atom is 0.337 e. The van der Waals surface area contributed by atoms with Crippen molar-refractivity contribution in [2.45, 2.75) is 32.1 Å². The Morgan fingerprint density at radius 1 is 1.44 bits per heavy atom. The number of ether oxygens (including phenoxy) is 1. The van der Waals surface area contributed by atoms with E-state index in [1.165, 1.54) is 18.2 Å². The smallest absolute Gasteiger partial charge is 0.337 e. The van der Waals surface area contributed by atoms with Gasteiger partial charge in [0.15, 0.2) is 5.78 Å². The van der Waals surface area contributed by atoms with Crippen molar-refractivity contribution in [3.8, 4) is 0 Å². The summed E-state index contributed by atoms with van der Waals surface area (Å²) in [4.78, 5) is 25.2. The lowest BCUT2D eigenvalue weighted by atomic mass is 9.75. The van der Waals surface area contributed by atoms with Crippen molar-refractivity contribution in [2.24, 2.45) is 0 Å². The topological polar surface area (TPSA) is 55.4 Å². The minimum absolute atomic E-state index is 0.00969. The van der Waals surface area contributed by atoms with Gasteiger partial charge in [0, 0.05) is 29.3 Å². The van der Waals surface area contributed by atoms with Gasteiger partial charge in [0.25, 0.3) is 0 Å². The van der Waals surface area contributed by atoms with E-state index in [2.05, 4.69) is 11.9 Å². The van der Waals surface area contributed by atoms with Crippen LogP contribution >= 0.6 is 0 Å². The Morgan fingerprint density at radius 3 is 2.96 bits per heavy atom. The molecule has 1 aromatic rings. The summed E-state index contributed by atoms with van der Waals surface area (Å²) in [7, 11) is 0. The van der Waals surface area contributed by atoms with Crippen LogP contribution in [0.5, 0.6) is 0 Å². The molecule has 1 atom stereocenters. The molecule has 0 saturated heterocycles. The fourth-order valence-corrected chi connectivity index (χ4v) is 3.49. The van der Waals surface area contributed by atoms with Crippen molar-refractivity contribution in [1.29, 1.82) is 0 Å². The highest BCUT2D eigenvalue weighted by atomic mass is 19.1. The van der Waals surface area contributed by atoms with Crippen LogP contribution in [0, 0.1) is 5.82 Å². The molecule has 1 aliphatic carbocycles. The number of allylic oxidation sites excluding steroid dienone is 3. The molecule has 0 fully saturated rings. The Labute approximate surface area is 146 Å². The molecule has 4 nitrogen and oxygen atoms in total. The summed E-state index contributed by atoms with van der Waals surface area (Å²) in [5.74, 6) is -1.55. The first-order valence-electron chi connectivity index (χ1n) is 8.30. The summed E-state index contributed by atoms with van der Waals surface area (Å²) in [6, 6.07) is 6.04. The van der Waals surface area contributed by atoms with Gasteiger partial charge in [-0.2, -0.15) is 0 Å². The number of hydrogen-bond donors (Lipinski definition) is 1. The van der Waals surface area contributed by atoms with Crippen LogP contribution in [-0.4, -0.2) is 18.4 Å². The maximum absolute atomic E-state index is 13.8. The zero-order chi connectivity index (χ0) is 18.0. The monoisotopic (exact) mass is 341 g/mol. The molecule has 3 rings (SSSR count). The summed E-state index contributed by atoms with van der Waals surface area (Å²) in [5, 5.41) is 3.19. The van der Waals surface area contributed by atoms with Crippen LogP contribution in [0.4, 0.5) is 4.39 Å². The number of rotatable bonds is 4.